The molecule has 0 aliphatic heterocycles. The van der Waals surface area contributed by atoms with Crippen molar-refractivity contribution in [3.63, 3.8) is 0 Å². The first-order valence-electron chi connectivity index (χ1n) is 9.19. The van der Waals surface area contributed by atoms with Crippen LogP contribution in [-0.4, -0.2) is 35.1 Å². The van der Waals surface area contributed by atoms with E-state index >= 15 is 0 Å². The fourth-order valence-electron chi connectivity index (χ4n) is 3.52. The Labute approximate surface area is 173 Å². The van der Waals surface area contributed by atoms with Gasteiger partial charge in [-0.15, -0.1) is 11.3 Å². The Bertz CT molecular complexity index is 1510. The van der Waals surface area contributed by atoms with E-state index in [4.69, 9.17) is 10.7 Å². The number of hydrogen-bond acceptors (Lipinski definition) is 7. The van der Waals surface area contributed by atoms with Crippen LogP contribution in [0.1, 0.15) is 0 Å². The molecule has 0 saturated heterocycles. The average molecular weight is 410 g/mol. The van der Waals surface area contributed by atoms with E-state index in [1.54, 1.807) is 36.1 Å². The first-order chi connectivity index (χ1) is 14.8. The SMILES string of the molecule is Nc1cncc(-c2cnc3n[nH]c(-c4nc5c(-c6cccs6)cncc5[nH]4)c3c2)c1. The highest BCUT2D eigenvalue weighted by atomic mass is 32.1. The molecule has 6 heterocycles. The smallest absolute Gasteiger partial charge is 0.181 e. The molecular formula is C21H14N8S. The monoisotopic (exact) mass is 410 g/mol. The molecule has 0 spiro atoms. The highest BCUT2D eigenvalue weighted by Gasteiger charge is 2.16. The third kappa shape index (κ3) is 2.64. The van der Waals surface area contributed by atoms with Gasteiger partial charge in [0.15, 0.2) is 11.5 Å². The number of pyridine rings is 3. The molecule has 6 aromatic heterocycles. The van der Waals surface area contributed by atoms with Crippen LogP contribution in [0.25, 0.3) is 55.2 Å². The molecule has 0 unspecified atom stereocenters. The van der Waals surface area contributed by atoms with E-state index in [1.807, 2.05) is 29.8 Å². The summed E-state index contributed by atoms with van der Waals surface area (Å²) in [6.07, 6.45) is 8.77. The first-order valence-corrected chi connectivity index (χ1v) is 10.1. The minimum atomic E-state index is 0.603. The van der Waals surface area contributed by atoms with Crippen LogP contribution >= 0.6 is 11.3 Å². The highest BCUT2D eigenvalue weighted by Crippen LogP contribution is 2.33. The van der Waals surface area contributed by atoms with Crippen molar-refractivity contribution in [2.75, 3.05) is 5.73 Å². The van der Waals surface area contributed by atoms with E-state index in [2.05, 4.69) is 36.2 Å². The zero-order chi connectivity index (χ0) is 20.1. The standard InChI is InChI=1S/C21H14N8S/c22-13-4-11(6-23-8-13)12-5-14-19(28-29-20(14)25-7-12)21-26-16-10-24-9-15(18(16)27-21)17-2-1-3-30-17/h1-10H,22H2,(H,26,27)(H,25,28,29). The Balaban J connectivity index is 1.52. The third-order valence-corrected chi connectivity index (χ3v) is 5.82. The van der Waals surface area contributed by atoms with Gasteiger partial charge in [-0.05, 0) is 23.6 Å². The van der Waals surface area contributed by atoms with E-state index in [9.17, 15) is 0 Å². The number of fused-ring (bicyclic) bond motifs is 2. The van der Waals surface area contributed by atoms with Crippen molar-refractivity contribution in [3.8, 4) is 33.1 Å². The number of aromatic nitrogens is 7. The van der Waals surface area contributed by atoms with Gasteiger partial charge in [0.2, 0.25) is 0 Å². The van der Waals surface area contributed by atoms with Crippen LogP contribution < -0.4 is 5.73 Å². The number of nitrogen functional groups attached to an aromatic ring is 1. The Morgan fingerprint density at radius 2 is 1.87 bits per heavy atom. The maximum atomic E-state index is 5.89. The second-order valence-electron chi connectivity index (χ2n) is 6.85. The van der Waals surface area contributed by atoms with Crippen LogP contribution in [0.2, 0.25) is 0 Å². The fraction of sp³-hybridized carbons (Fsp3) is 0. The summed E-state index contributed by atoms with van der Waals surface area (Å²) in [6.45, 7) is 0. The lowest BCUT2D eigenvalue weighted by Gasteiger charge is -2.02. The van der Waals surface area contributed by atoms with Crippen LogP contribution in [0.4, 0.5) is 5.69 Å². The molecule has 0 aliphatic carbocycles. The van der Waals surface area contributed by atoms with E-state index in [0.29, 0.717) is 17.2 Å². The van der Waals surface area contributed by atoms with Crippen LogP contribution in [0, 0.1) is 0 Å². The molecule has 8 nitrogen and oxygen atoms in total. The van der Waals surface area contributed by atoms with E-state index in [0.717, 1.165) is 43.7 Å². The number of thiophene rings is 1. The summed E-state index contributed by atoms with van der Waals surface area (Å²) in [6, 6.07) is 7.98. The molecule has 0 bridgehead atoms. The molecule has 0 aromatic carbocycles. The molecule has 0 aliphatic rings. The Kier molecular flexibility index (Phi) is 3.62. The van der Waals surface area contributed by atoms with Crippen molar-refractivity contribution in [2.45, 2.75) is 0 Å². The molecule has 30 heavy (non-hydrogen) atoms. The average Bonchev–Trinajstić information content (AvgIpc) is 3.51. The maximum Gasteiger partial charge on any atom is 0.181 e. The van der Waals surface area contributed by atoms with Gasteiger partial charge < -0.3 is 10.7 Å². The lowest BCUT2D eigenvalue weighted by Crippen LogP contribution is -1.89. The van der Waals surface area contributed by atoms with Gasteiger partial charge in [-0.2, -0.15) is 5.10 Å². The Morgan fingerprint density at radius 3 is 2.73 bits per heavy atom. The zero-order valence-electron chi connectivity index (χ0n) is 15.5. The molecule has 0 fully saturated rings. The zero-order valence-corrected chi connectivity index (χ0v) is 16.3. The van der Waals surface area contributed by atoms with Crippen molar-refractivity contribution in [1.29, 1.82) is 0 Å². The van der Waals surface area contributed by atoms with Gasteiger partial charge in [-0.25, -0.2) is 9.97 Å². The van der Waals surface area contributed by atoms with Crippen LogP contribution in [0.5, 0.6) is 0 Å². The fourth-order valence-corrected chi connectivity index (χ4v) is 4.25. The van der Waals surface area contributed by atoms with Gasteiger partial charge in [0.05, 0.1) is 22.8 Å². The van der Waals surface area contributed by atoms with Gasteiger partial charge in [0, 0.05) is 46.4 Å². The van der Waals surface area contributed by atoms with Crippen molar-refractivity contribution >= 4 is 39.1 Å². The molecule has 0 atom stereocenters. The van der Waals surface area contributed by atoms with Gasteiger partial charge in [0.1, 0.15) is 11.2 Å². The molecule has 0 amide bonds. The highest BCUT2D eigenvalue weighted by molar-refractivity contribution is 7.13. The predicted molar refractivity (Wildman–Crippen MR) is 118 cm³/mol. The Hall–Kier alpha value is -4.11. The predicted octanol–water partition coefficient (Wildman–Crippen LogP) is 4.27. The molecule has 144 valence electrons. The molecule has 4 N–H and O–H groups in total. The quantitative estimate of drug-likeness (QED) is 0.400. The number of aromatic amines is 2. The molecular weight excluding hydrogens is 396 g/mol. The summed E-state index contributed by atoms with van der Waals surface area (Å²) in [5.74, 6) is 0.683. The lowest BCUT2D eigenvalue weighted by molar-refractivity contribution is 1.09. The second kappa shape index (κ2) is 6.46. The number of H-pyrrole nitrogens is 2. The topological polar surface area (TPSA) is 122 Å². The van der Waals surface area contributed by atoms with Crippen LogP contribution in [0.15, 0.2) is 60.6 Å². The molecule has 6 rings (SSSR count). The van der Waals surface area contributed by atoms with Gasteiger partial charge in [-0.1, -0.05) is 6.07 Å². The van der Waals surface area contributed by atoms with Crippen LogP contribution in [-0.2, 0) is 0 Å². The van der Waals surface area contributed by atoms with E-state index < -0.39 is 0 Å². The van der Waals surface area contributed by atoms with Crippen molar-refractivity contribution in [3.05, 3.63) is 60.6 Å². The summed E-state index contributed by atoms with van der Waals surface area (Å²) in [7, 11) is 0. The summed E-state index contributed by atoms with van der Waals surface area (Å²) in [5, 5.41) is 10.3. The van der Waals surface area contributed by atoms with E-state index in [-0.39, 0.29) is 0 Å². The number of nitrogens with one attached hydrogen (secondary N) is 2. The number of anilines is 1. The number of nitrogens with two attached hydrogens (primary N) is 1. The molecule has 9 heteroatoms. The number of imidazole rings is 1. The Morgan fingerprint density at radius 1 is 0.967 bits per heavy atom. The summed E-state index contributed by atoms with van der Waals surface area (Å²) in [4.78, 5) is 22.4. The first kappa shape index (κ1) is 16.8. The second-order valence-corrected chi connectivity index (χ2v) is 7.79. The normalized spacial score (nSPS) is 11.5. The van der Waals surface area contributed by atoms with Gasteiger partial charge in [0.25, 0.3) is 0 Å². The summed E-state index contributed by atoms with van der Waals surface area (Å²) in [5.41, 5.74) is 12.4. The lowest BCUT2D eigenvalue weighted by atomic mass is 10.1. The maximum absolute atomic E-state index is 5.89. The molecule has 0 saturated carbocycles. The van der Waals surface area contributed by atoms with Gasteiger partial charge in [-0.3, -0.25) is 15.1 Å². The van der Waals surface area contributed by atoms with Crippen molar-refractivity contribution < 1.29 is 0 Å². The number of rotatable bonds is 3. The number of nitrogens with zero attached hydrogens (tertiary/aromatic N) is 5. The molecule has 0 radical (unpaired) electrons. The minimum absolute atomic E-state index is 0.603. The largest absolute Gasteiger partial charge is 0.397 e. The van der Waals surface area contributed by atoms with E-state index in [1.165, 1.54) is 0 Å². The summed E-state index contributed by atoms with van der Waals surface area (Å²) < 4.78 is 0. The number of hydrogen-bond donors (Lipinski definition) is 3. The van der Waals surface area contributed by atoms with Crippen LogP contribution in [0.3, 0.4) is 0 Å². The van der Waals surface area contributed by atoms with Crippen molar-refractivity contribution in [1.82, 2.24) is 35.1 Å². The van der Waals surface area contributed by atoms with Crippen molar-refractivity contribution in [2.24, 2.45) is 0 Å². The van der Waals surface area contributed by atoms with Gasteiger partial charge >= 0.3 is 0 Å². The summed E-state index contributed by atoms with van der Waals surface area (Å²) >= 11 is 1.66. The molecule has 6 aromatic rings. The minimum Gasteiger partial charge on any atom is -0.397 e. The third-order valence-electron chi connectivity index (χ3n) is 4.92.